The van der Waals surface area contributed by atoms with E-state index in [-0.39, 0.29) is 24.3 Å². The number of nitrogens with zero attached hydrogens (tertiary/aromatic N) is 1. The maximum absolute atomic E-state index is 12.2. The van der Waals surface area contributed by atoms with Crippen LogP contribution in [-0.2, 0) is 16.1 Å². The molecule has 7 heteroatoms. The largest absolute Gasteiger partial charge is 0.484 e. The van der Waals surface area contributed by atoms with Crippen molar-refractivity contribution >= 4 is 17.5 Å². The number of pyridine rings is 1. The number of ether oxygens (including phenoxy) is 2. The third-order valence-electron chi connectivity index (χ3n) is 5.27. The summed E-state index contributed by atoms with van der Waals surface area (Å²) in [7, 11) is 0. The zero-order valence-corrected chi connectivity index (χ0v) is 18.8. The minimum absolute atomic E-state index is 0.0314. The molecular weight excluding hydrogens is 418 g/mol. The first kappa shape index (κ1) is 22.3. The highest BCUT2D eigenvalue weighted by molar-refractivity contribution is 5.94. The van der Waals surface area contributed by atoms with Gasteiger partial charge in [0.05, 0.1) is 0 Å². The molecule has 0 aliphatic heterocycles. The fraction of sp³-hybridized carbons (Fsp3) is 0.269. The molecule has 0 atom stereocenters. The van der Waals surface area contributed by atoms with Crippen molar-refractivity contribution in [2.45, 2.75) is 33.2 Å². The Labute approximate surface area is 193 Å². The molecule has 7 nitrogen and oxygen atoms in total. The van der Waals surface area contributed by atoms with Crippen molar-refractivity contribution in [3.63, 3.8) is 0 Å². The van der Waals surface area contributed by atoms with E-state index in [2.05, 4.69) is 15.6 Å². The maximum atomic E-state index is 12.2. The molecule has 1 fully saturated rings. The van der Waals surface area contributed by atoms with E-state index in [1.807, 2.05) is 38.1 Å². The highest BCUT2D eigenvalue weighted by atomic mass is 16.5. The quantitative estimate of drug-likeness (QED) is 0.505. The van der Waals surface area contributed by atoms with Gasteiger partial charge in [0.15, 0.2) is 6.61 Å². The maximum Gasteiger partial charge on any atom is 0.258 e. The molecule has 170 valence electrons. The molecule has 1 aliphatic rings. The molecule has 4 rings (SSSR count). The number of benzene rings is 2. The number of hydrogen-bond acceptors (Lipinski definition) is 5. The summed E-state index contributed by atoms with van der Waals surface area (Å²) in [4.78, 5) is 28.4. The third kappa shape index (κ3) is 6.55. The van der Waals surface area contributed by atoms with Gasteiger partial charge in [0, 0.05) is 36.5 Å². The smallest absolute Gasteiger partial charge is 0.258 e. The summed E-state index contributed by atoms with van der Waals surface area (Å²) in [6.07, 6.45) is 3.56. The fourth-order valence-electron chi connectivity index (χ4n) is 3.16. The van der Waals surface area contributed by atoms with Gasteiger partial charge in [0.25, 0.3) is 5.91 Å². The highest BCUT2D eigenvalue weighted by Gasteiger charge is 2.29. The SMILES string of the molecule is Cc1ccc(C)c(Oc2ccc(CNC(=O)COc3cccc(NC(=O)C4CC4)c3)cn2)c1. The van der Waals surface area contributed by atoms with Gasteiger partial charge in [0.2, 0.25) is 11.8 Å². The number of hydrogen-bond donors (Lipinski definition) is 2. The minimum atomic E-state index is -0.252. The number of aromatic nitrogens is 1. The lowest BCUT2D eigenvalue weighted by atomic mass is 10.1. The van der Waals surface area contributed by atoms with Crippen LogP contribution in [0.1, 0.15) is 29.5 Å². The van der Waals surface area contributed by atoms with E-state index < -0.39 is 0 Å². The summed E-state index contributed by atoms with van der Waals surface area (Å²) < 4.78 is 11.4. The lowest BCUT2D eigenvalue weighted by Crippen LogP contribution is -2.28. The average Bonchev–Trinajstić information content (AvgIpc) is 3.66. The molecule has 2 N–H and O–H groups in total. The molecule has 2 aromatic carbocycles. The molecule has 0 radical (unpaired) electrons. The molecule has 2 amide bonds. The predicted octanol–water partition coefficient (Wildman–Crippen LogP) is 4.53. The topological polar surface area (TPSA) is 89.5 Å². The van der Waals surface area contributed by atoms with Crippen molar-refractivity contribution in [2.24, 2.45) is 5.92 Å². The molecule has 0 unspecified atom stereocenters. The average molecular weight is 446 g/mol. The van der Waals surface area contributed by atoms with Crippen LogP contribution in [0.2, 0.25) is 0 Å². The van der Waals surface area contributed by atoms with Crippen LogP contribution >= 0.6 is 0 Å². The first-order chi connectivity index (χ1) is 16.0. The van der Waals surface area contributed by atoms with Gasteiger partial charge >= 0.3 is 0 Å². The molecule has 0 bridgehead atoms. The van der Waals surface area contributed by atoms with Gasteiger partial charge in [-0.25, -0.2) is 4.98 Å². The van der Waals surface area contributed by atoms with Crippen molar-refractivity contribution in [2.75, 3.05) is 11.9 Å². The minimum Gasteiger partial charge on any atom is -0.484 e. The van der Waals surface area contributed by atoms with Crippen LogP contribution in [-0.4, -0.2) is 23.4 Å². The zero-order valence-electron chi connectivity index (χ0n) is 18.8. The number of aryl methyl sites for hydroxylation is 2. The number of rotatable bonds is 9. The summed E-state index contributed by atoms with van der Waals surface area (Å²) in [5.74, 6) is 1.70. The number of nitrogens with one attached hydrogen (secondary N) is 2. The van der Waals surface area contributed by atoms with Crippen molar-refractivity contribution in [3.05, 3.63) is 77.5 Å². The van der Waals surface area contributed by atoms with Crippen LogP contribution in [0.5, 0.6) is 17.4 Å². The first-order valence-electron chi connectivity index (χ1n) is 11.0. The number of anilines is 1. The van der Waals surface area contributed by atoms with E-state index in [1.54, 1.807) is 36.5 Å². The lowest BCUT2D eigenvalue weighted by molar-refractivity contribution is -0.123. The predicted molar refractivity (Wildman–Crippen MR) is 125 cm³/mol. The van der Waals surface area contributed by atoms with Crippen LogP contribution in [0.25, 0.3) is 0 Å². The van der Waals surface area contributed by atoms with Gasteiger partial charge < -0.3 is 20.1 Å². The Morgan fingerprint density at radius 3 is 2.67 bits per heavy atom. The second-order valence-electron chi connectivity index (χ2n) is 8.23. The molecule has 0 saturated heterocycles. The molecular formula is C26H27N3O4. The molecule has 1 aliphatic carbocycles. The Kier molecular flexibility index (Phi) is 6.88. The Morgan fingerprint density at radius 2 is 1.91 bits per heavy atom. The van der Waals surface area contributed by atoms with Crippen molar-refractivity contribution in [3.8, 4) is 17.4 Å². The summed E-state index contributed by atoms with van der Waals surface area (Å²) >= 11 is 0. The Bertz CT molecular complexity index is 1140. The van der Waals surface area contributed by atoms with Crippen LogP contribution in [0, 0.1) is 19.8 Å². The van der Waals surface area contributed by atoms with E-state index >= 15 is 0 Å². The van der Waals surface area contributed by atoms with E-state index in [0.717, 1.165) is 35.3 Å². The fourth-order valence-corrected chi connectivity index (χ4v) is 3.16. The standard InChI is InChI=1S/C26H27N3O4/c1-17-6-7-18(2)23(12-17)33-25-11-8-19(15-28-25)14-27-24(30)16-32-22-5-3-4-21(13-22)29-26(31)20-9-10-20/h3-8,11-13,15,20H,9-10,14,16H2,1-2H3,(H,27,30)(H,29,31). The van der Waals surface area contributed by atoms with Gasteiger partial charge in [-0.05, 0) is 61.6 Å². The number of carbonyl (C=O) groups excluding carboxylic acids is 2. The van der Waals surface area contributed by atoms with Crippen LogP contribution in [0.4, 0.5) is 5.69 Å². The normalized spacial score (nSPS) is 12.7. The summed E-state index contributed by atoms with van der Waals surface area (Å²) in [5.41, 5.74) is 3.67. The summed E-state index contributed by atoms with van der Waals surface area (Å²) in [5, 5.41) is 5.68. The molecule has 3 aromatic rings. The van der Waals surface area contributed by atoms with E-state index in [9.17, 15) is 9.59 Å². The van der Waals surface area contributed by atoms with Crippen LogP contribution in [0.3, 0.4) is 0 Å². The molecule has 0 spiro atoms. The number of amides is 2. The van der Waals surface area contributed by atoms with Crippen molar-refractivity contribution in [1.82, 2.24) is 10.3 Å². The summed E-state index contributed by atoms with van der Waals surface area (Å²) in [6.45, 7) is 4.21. The number of carbonyl (C=O) groups is 2. The molecule has 33 heavy (non-hydrogen) atoms. The first-order valence-corrected chi connectivity index (χ1v) is 11.0. The lowest BCUT2D eigenvalue weighted by Gasteiger charge is -2.11. The highest BCUT2D eigenvalue weighted by Crippen LogP contribution is 2.30. The third-order valence-corrected chi connectivity index (χ3v) is 5.27. The second-order valence-corrected chi connectivity index (χ2v) is 8.23. The summed E-state index contributed by atoms with van der Waals surface area (Å²) in [6, 6.07) is 16.7. The molecule has 1 saturated carbocycles. The molecule has 1 aromatic heterocycles. The van der Waals surface area contributed by atoms with Crippen molar-refractivity contribution in [1.29, 1.82) is 0 Å². The van der Waals surface area contributed by atoms with E-state index in [1.165, 1.54) is 0 Å². The van der Waals surface area contributed by atoms with E-state index in [0.29, 0.717) is 23.9 Å². The van der Waals surface area contributed by atoms with Crippen LogP contribution in [0.15, 0.2) is 60.8 Å². The van der Waals surface area contributed by atoms with Gasteiger partial charge in [-0.15, -0.1) is 0 Å². The van der Waals surface area contributed by atoms with Crippen molar-refractivity contribution < 1.29 is 19.1 Å². The van der Waals surface area contributed by atoms with Gasteiger partial charge in [-0.1, -0.05) is 24.3 Å². The van der Waals surface area contributed by atoms with Gasteiger partial charge in [-0.2, -0.15) is 0 Å². The van der Waals surface area contributed by atoms with E-state index in [4.69, 9.17) is 9.47 Å². The monoisotopic (exact) mass is 445 g/mol. The Morgan fingerprint density at radius 1 is 1.06 bits per heavy atom. The second kappa shape index (κ2) is 10.2. The van der Waals surface area contributed by atoms with Gasteiger partial charge in [0.1, 0.15) is 11.5 Å². The Balaban J connectivity index is 1.23. The van der Waals surface area contributed by atoms with Crippen LogP contribution < -0.4 is 20.1 Å². The van der Waals surface area contributed by atoms with Gasteiger partial charge in [-0.3, -0.25) is 9.59 Å². The molecule has 1 heterocycles. The zero-order chi connectivity index (χ0) is 23.2. The Hall–Kier alpha value is -3.87.